The monoisotopic (exact) mass is 274 g/mol. The third kappa shape index (κ3) is 4.58. The zero-order chi connectivity index (χ0) is 12.8. The molecule has 1 rings (SSSR count). The number of hydrogen-bond acceptors (Lipinski definition) is 4. The molecule has 0 unspecified atom stereocenters. The van der Waals surface area contributed by atoms with E-state index in [0.717, 1.165) is 10.5 Å². The number of aliphatic hydroxyl groups excluding tert-OH is 1. The summed E-state index contributed by atoms with van der Waals surface area (Å²) >= 11 is 7.57. The fourth-order valence-corrected chi connectivity index (χ4v) is 2.44. The molecule has 1 aromatic carbocycles. The summed E-state index contributed by atoms with van der Waals surface area (Å²) in [4.78, 5) is 11.8. The molecular formula is C12H15ClO3S. The number of esters is 1. The first-order chi connectivity index (χ1) is 8.04. The van der Waals surface area contributed by atoms with Crippen LogP contribution in [0.5, 0.6) is 0 Å². The summed E-state index contributed by atoms with van der Waals surface area (Å²) in [6.07, 6.45) is -0.169. The molecule has 3 nitrogen and oxygen atoms in total. The first kappa shape index (κ1) is 14.4. The first-order valence-electron chi connectivity index (χ1n) is 5.21. The third-order valence-corrected chi connectivity index (χ3v) is 3.73. The molecule has 0 aliphatic carbocycles. The highest BCUT2D eigenvalue weighted by molar-refractivity contribution is 7.99. The van der Waals surface area contributed by atoms with E-state index >= 15 is 0 Å². The molecule has 0 aromatic heterocycles. The van der Waals surface area contributed by atoms with Crippen molar-refractivity contribution in [2.75, 3.05) is 12.9 Å². The van der Waals surface area contributed by atoms with Crippen molar-refractivity contribution in [2.24, 2.45) is 0 Å². The van der Waals surface area contributed by atoms with Crippen LogP contribution in [0.4, 0.5) is 0 Å². The van der Waals surface area contributed by atoms with Crippen LogP contribution in [-0.4, -0.2) is 23.9 Å². The average Bonchev–Trinajstić information content (AvgIpc) is 2.30. The van der Waals surface area contributed by atoms with E-state index in [1.807, 2.05) is 12.1 Å². The highest BCUT2D eigenvalue weighted by atomic mass is 35.5. The third-order valence-electron chi connectivity index (χ3n) is 2.23. The zero-order valence-electron chi connectivity index (χ0n) is 9.77. The molecule has 0 aliphatic rings. The molecule has 0 bridgehead atoms. The second kappa shape index (κ2) is 6.89. The van der Waals surface area contributed by atoms with Gasteiger partial charge in [-0.25, -0.2) is 0 Å². The number of benzene rings is 1. The molecule has 0 fully saturated rings. The average molecular weight is 275 g/mol. The maximum atomic E-state index is 10.9. The smallest absolute Gasteiger partial charge is 0.306 e. The van der Waals surface area contributed by atoms with Gasteiger partial charge in [0.1, 0.15) is 0 Å². The minimum atomic E-state index is -0.526. The Morgan fingerprint density at radius 3 is 2.82 bits per heavy atom. The normalized spacial score (nSPS) is 12.2. The molecule has 1 N–H and O–H groups in total. The van der Waals surface area contributed by atoms with Crippen LogP contribution < -0.4 is 0 Å². The maximum Gasteiger partial charge on any atom is 0.306 e. The minimum absolute atomic E-state index is 0.228. The van der Waals surface area contributed by atoms with Gasteiger partial charge < -0.3 is 9.84 Å². The zero-order valence-corrected chi connectivity index (χ0v) is 11.3. The maximum absolute atomic E-state index is 10.9. The quantitative estimate of drug-likeness (QED) is 0.662. The van der Waals surface area contributed by atoms with Crippen molar-refractivity contribution < 1.29 is 14.6 Å². The molecule has 0 spiro atoms. The van der Waals surface area contributed by atoms with Gasteiger partial charge in [0.25, 0.3) is 0 Å². The molecule has 1 atom stereocenters. The number of rotatable bonds is 5. The Bertz CT molecular complexity index is 393. The van der Waals surface area contributed by atoms with E-state index in [4.69, 9.17) is 11.6 Å². The van der Waals surface area contributed by atoms with E-state index in [-0.39, 0.29) is 5.97 Å². The van der Waals surface area contributed by atoms with Crippen molar-refractivity contribution in [3.8, 4) is 0 Å². The van der Waals surface area contributed by atoms with E-state index in [2.05, 4.69) is 4.74 Å². The van der Waals surface area contributed by atoms with Gasteiger partial charge in [0.05, 0.1) is 24.7 Å². The lowest BCUT2D eigenvalue weighted by Gasteiger charge is -2.08. The lowest BCUT2D eigenvalue weighted by Crippen LogP contribution is -2.01. The number of ether oxygens (including phenoxy) is 1. The van der Waals surface area contributed by atoms with Crippen LogP contribution in [-0.2, 0) is 9.53 Å². The fraction of sp³-hybridized carbons (Fsp3) is 0.417. The van der Waals surface area contributed by atoms with Gasteiger partial charge in [-0.2, -0.15) is 0 Å². The summed E-state index contributed by atoms with van der Waals surface area (Å²) < 4.78 is 4.55. The van der Waals surface area contributed by atoms with Gasteiger partial charge in [-0.1, -0.05) is 17.7 Å². The summed E-state index contributed by atoms with van der Waals surface area (Å²) in [7, 11) is 1.37. The SMILES string of the molecule is COC(=O)CCSc1ccc([C@H](C)O)cc1Cl. The van der Waals surface area contributed by atoms with Crippen molar-refractivity contribution in [3.63, 3.8) is 0 Å². The predicted octanol–water partition coefficient (Wildman–Crippen LogP) is 3.05. The Kier molecular flexibility index (Phi) is 5.82. The van der Waals surface area contributed by atoms with Crippen LogP contribution in [0.15, 0.2) is 23.1 Å². The highest BCUT2D eigenvalue weighted by Crippen LogP contribution is 2.30. The topological polar surface area (TPSA) is 46.5 Å². The largest absolute Gasteiger partial charge is 0.469 e. The lowest BCUT2D eigenvalue weighted by molar-refractivity contribution is -0.140. The number of aliphatic hydroxyl groups is 1. The minimum Gasteiger partial charge on any atom is -0.469 e. The van der Waals surface area contributed by atoms with Gasteiger partial charge in [0.15, 0.2) is 0 Å². The van der Waals surface area contributed by atoms with Gasteiger partial charge in [0.2, 0.25) is 0 Å². The van der Waals surface area contributed by atoms with E-state index in [0.29, 0.717) is 17.2 Å². The van der Waals surface area contributed by atoms with Crippen molar-refractivity contribution >= 4 is 29.3 Å². The molecule has 0 saturated carbocycles. The molecule has 0 saturated heterocycles. The van der Waals surface area contributed by atoms with Gasteiger partial charge in [0, 0.05) is 10.6 Å². The molecule has 94 valence electrons. The molecule has 17 heavy (non-hydrogen) atoms. The van der Waals surface area contributed by atoms with Crippen LogP contribution >= 0.6 is 23.4 Å². The Morgan fingerprint density at radius 1 is 1.59 bits per heavy atom. The Labute approximate surface area is 110 Å². The van der Waals surface area contributed by atoms with Crippen molar-refractivity contribution in [1.82, 2.24) is 0 Å². The van der Waals surface area contributed by atoms with E-state index in [1.54, 1.807) is 13.0 Å². The summed E-state index contributed by atoms with van der Waals surface area (Å²) in [5, 5.41) is 9.99. The summed E-state index contributed by atoms with van der Waals surface area (Å²) in [5.41, 5.74) is 0.785. The van der Waals surface area contributed by atoms with Crippen LogP contribution in [0, 0.1) is 0 Å². The highest BCUT2D eigenvalue weighted by Gasteiger charge is 2.07. The Balaban J connectivity index is 2.57. The number of thioether (sulfide) groups is 1. The number of methoxy groups -OCH3 is 1. The summed E-state index contributed by atoms with van der Waals surface area (Å²) in [6.45, 7) is 1.69. The molecule has 5 heteroatoms. The van der Waals surface area contributed by atoms with E-state index < -0.39 is 6.10 Å². The van der Waals surface area contributed by atoms with E-state index in [1.165, 1.54) is 18.9 Å². The number of halogens is 1. The Hall–Kier alpha value is -0.710. The Morgan fingerprint density at radius 2 is 2.29 bits per heavy atom. The van der Waals surface area contributed by atoms with Crippen LogP contribution in [0.3, 0.4) is 0 Å². The van der Waals surface area contributed by atoms with Crippen molar-refractivity contribution in [3.05, 3.63) is 28.8 Å². The predicted molar refractivity (Wildman–Crippen MR) is 69.4 cm³/mol. The standard InChI is InChI=1S/C12H15ClO3S/c1-8(14)9-3-4-11(10(13)7-9)17-6-5-12(15)16-2/h3-4,7-8,14H,5-6H2,1-2H3/t8-/m0/s1. The molecular weight excluding hydrogens is 260 g/mol. The van der Waals surface area contributed by atoms with Crippen LogP contribution in [0.25, 0.3) is 0 Å². The number of carbonyl (C=O) groups is 1. The van der Waals surface area contributed by atoms with Crippen molar-refractivity contribution in [2.45, 2.75) is 24.3 Å². The summed E-state index contributed by atoms with van der Waals surface area (Å²) in [5.74, 6) is 0.398. The first-order valence-corrected chi connectivity index (χ1v) is 6.58. The molecule has 0 amide bonds. The van der Waals surface area contributed by atoms with Gasteiger partial charge >= 0.3 is 5.97 Å². The number of carbonyl (C=O) groups excluding carboxylic acids is 1. The van der Waals surface area contributed by atoms with Crippen LogP contribution in [0.2, 0.25) is 5.02 Å². The van der Waals surface area contributed by atoms with Gasteiger partial charge in [-0.15, -0.1) is 11.8 Å². The van der Waals surface area contributed by atoms with E-state index in [9.17, 15) is 9.90 Å². The van der Waals surface area contributed by atoms with Gasteiger partial charge in [-0.3, -0.25) is 4.79 Å². The van der Waals surface area contributed by atoms with Crippen LogP contribution in [0.1, 0.15) is 25.0 Å². The molecule has 0 aliphatic heterocycles. The molecule has 0 heterocycles. The lowest BCUT2D eigenvalue weighted by atomic mass is 10.1. The number of hydrogen-bond donors (Lipinski definition) is 1. The van der Waals surface area contributed by atoms with Crippen molar-refractivity contribution in [1.29, 1.82) is 0 Å². The van der Waals surface area contributed by atoms with Gasteiger partial charge in [-0.05, 0) is 24.6 Å². The molecule has 1 aromatic rings. The second-order valence-electron chi connectivity index (χ2n) is 3.54. The summed E-state index contributed by atoms with van der Waals surface area (Å²) in [6, 6.07) is 5.43. The second-order valence-corrected chi connectivity index (χ2v) is 5.08. The molecule has 0 radical (unpaired) electrons. The fourth-order valence-electron chi connectivity index (χ4n) is 1.24.